The molecule has 1 aromatic rings. The van der Waals surface area contributed by atoms with E-state index in [-0.39, 0.29) is 17.9 Å². The van der Waals surface area contributed by atoms with E-state index in [1.165, 1.54) is 18.2 Å². The van der Waals surface area contributed by atoms with Gasteiger partial charge in [-0.25, -0.2) is 0 Å². The highest BCUT2D eigenvalue weighted by atomic mass is 16.6. The number of nitrogens with one attached hydrogen (secondary N) is 1. The highest BCUT2D eigenvalue weighted by Gasteiger charge is 2.34. The zero-order chi connectivity index (χ0) is 22.2. The van der Waals surface area contributed by atoms with Gasteiger partial charge in [-0.1, -0.05) is 6.07 Å². The van der Waals surface area contributed by atoms with Crippen LogP contribution in [0, 0.1) is 0 Å². The minimum atomic E-state index is -1.80. The number of carboxylic acid groups (broad SMARTS) is 1. The van der Waals surface area contributed by atoms with Crippen LogP contribution in [0.1, 0.15) is 25.8 Å². The van der Waals surface area contributed by atoms with Gasteiger partial charge in [0.05, 0.1) is 19.1 Å². The minimum absolute atomic E-state index is 0.0373. The molecule has 11 heteroatoms. The maximum Gasteiger partial charge on any atom is 0.308 e. The average molecular weight is 410 g/mol. The van der Waals surface area contributed by atoms with Gasteiger partial charge < -0.3 is 35.5 Å². The van der Waals surface area contributed by atoms with Gasteiger partial charge in [0.2, 0.25) is 5.91 Å². The number of esters is 2. The number of carbonyl (C=O) groups excluding carboxylic acids is 4. The van der Waals surface area contributed by atoms with Crippen molar-refractivity contribution in [3.8, 4) is 11.5 Å². The van der Waals surface area contributed by atoms with Crippen molar-refractivity contribution >= 4 is 30.1 Å². The molecule has 0 saturated heterocycles. The van der Waals surface area contributed by atoms with Gasteiger partial charge in [-0.2, -0.15) is 0 Å². The third-order valence-electron chi connectivity index (χ3n) is 3.65. The van der Waals surface area contributed by atoms with Gasteiger partial charge >= 0.3 is 17.9 Å². The van der Waals surface area contributed by atoms with Gasteiger partial charge in [-0.15, -0.1) is 0 Å². The van der Waals surface area contributed by atoms with E-state index in [1.807, 2.05) is 0 Å². The summed E-state index contributed by atoms with van der Waals surface area (Å²) < 4.78 is 9.93. The zero-order valence-electron chi connectivity index (χ0n) is 15.8. The Morgan fingerprint density at radius 1 is 1.17 bits per heavy atom. The third-order valence-corrected chi connectivity index (χ3v) is 3.65. The second-order valence-corrected chi connectivity index (χ2v) is 6.27. The lowest BCUT2D eigenvalue weighted by atomic mass is 9.92. The van der Waals surface area contributed by atoms with Gasteiger partial charge in [0, 0.05) is 20.3 Å². The number of ether oxygens (including phenoxy) is 2. The molecule has 0 heterocycles. The fourth-order valence-corrected chi connectivity index (χ4v) is 2.37. The smallest absolute Gasteiger partial charge is 0.308 e. The number of benzene rings is 1. The Labute approximate surface area is 165 Å². The Morgan fingerprint density at radius 3 is 2.24 bits per heavy atom. The maximum atomic E-state index is 12.1. The van der Waals surface area contributed by atoms with Crippen LogP contribution in [0.5, 0.6) is 11.5 Å². The van der Waals surface area contributed by atoms with Crippen molar-refractivity contribution in [2.24, 2.45) is 5.73 Å². The molecule has 2 atom stereocenters. The summed E-state index contributed by atoms with van der Waals surface area (Å²) in [4.78, 5) is 56.9. The van der Waals surface area contributed by atoms with Crippen molar-refractivity contribution in [2.75, 3.05) is 6.61 Å². The Bertz CT molecular complexity index is 809. The fraction of sp³-hybridized carbons (Fsp3) is 0.389. The Balaban J connectivity index is 3.15. The fourth-order valence-electron chi connectivity index (χ4n) is 2.37. The number of rotatable bonds is 10. The Morgan fingerprint density at radius 2 is 1.76 bits per heavy atom. The molecule has 1 aromatic carbocycles. The van der Waals surface area contributed by atoms with E-state index in [0.29, 0.717) is 11.8 Å². The number of aliphatic hydroxyl groups excluding tert-OH is 1. The summed E-state index contributed by atoms with van der Waals surface area (Å²) in [6.45, 7) is 1.48. The summed E-state index contributed by atoms with van der Waals surface area (Å²) in [5.74, 6) is -3.72. The lowest BCUT2D eigenvalue weighted by molar-refractivity contribution is -0.140. The number of hydrogen-bond donors (Lipinski definition) is 4. The van der Waals surface area contributed by atoms with Gasteiger partial charge in [-0.3, -0.25) is 19.2 Å². The molecule has 0 aromatic heterocycles. The molecule has 29 heavy (non-hydrogen) atoms. The average Bonchev–Trinajstić information content (AvgIpc) is 2.61. The quantitative estimate of drug-likeness (QED) is 0.210. The number of aliphatic hydroxyl groups is 1. The molecule has 0 aliphatic carbocycles. The van der Waals surface area contributed by atoms with Crippen LogP contribution in [0.3, 0.4) is 0 Å². The second kappa shape index (κ2) is 10.3. The first kappa shape index (κ1) is 23.7. The lowest BCUT2D eigenvalue weighted by Gasteiger charge is -2.28. The topological polar surface area (TPSA) is 182 Å². The Hall–Kier alpha value is -3.31. The number of carboxylic acids is 1. The van der Waals surface area contributed by atoms with Crippen LogP contribution >= 0.6 is 0 Å². The van der Waals surface area contributed by atoms with Crippen LogP contribution in [-0.4, -0.2) is 58.5 Å². The van der Waals surface area contributed by atoms with Crippen molar-refractivity contribution in [1.29, 1.82) is 0 Å². The maximum absolute atomic E-state index is 12.1. The summed E-state index contributed by atoms with van der Waals surface area (Å²) in [5, 5.41) is 20.6. The molecule has 1 amide bonds. The van der Waals surface area contributed by atoms with Crippen LogP contribution in [0.2, 0.25) is 0 Å². The van der Waals surface area contributed by atoms with E-state index in [1.54, 1.807) is 0 Å². The zero-order valence-corrected chi connectivity index (χ0v) is 15.8. The summed E-state index contributed by atoms with van der Waals surface area (Å²) in [6.07, 6.45) is -0.614. The normalized spacial score (nSPS) is 13.5. The molecule has 0 radical (unpaired) electrons. The molecule has 5 N–H and O–H groups in total. The number of aliphatic carboxylic acids is 1. The van der Waals surface area contributed by atoms with Crippen molar-refractivity contribution in [2.45, 2.75) is 38.3 Å². The first-order valence-corrected chi connectivity index (χ1v) is 8.38. The monoisotopic (exact) mass is 410 g/mol. The molecular weight excluding hydrogens is 388 g/mol. The van der Waals surface area contributed by atoms with Gasteiger partial charge in [0.1, 0.15) is 11.8 Å². The SMILES string of the molecule is CC(=O)Oc1ccc(CC(C=O)(CO)NC(=O)[C@@H](N)CC(=O)O)cc1OC(C)=O. The molecule has 11 nitrogen and oxygen atoms in total. The third kappa shape index (κ3) is 7.31. The molecule has 0 aliphatic heterocycles. The van der Waals surface area contributed by atoms with Crippen molar-refractivity contribution < 1.29 is 43.7 Å². The highest BCUT2D eigenvalue weighted by molar-refractivity contribution is 5.89. The predicted octanol–water partition coefficient (Wildman–Crippen LogP) is -1.07. The summed E-state index contributed by atoms with van der Waals surface area (Å²) >= 11 is 0. The number of amides is 1. The van der Waals surface area contributed by atoms with Crippen molar-refractivity contribution in [3.05, 3.63) is 23.8 Å². The molecule has 0 saturated carbocycles. The first-order valence-electron chi connectivity index (χ1n) is 8.38. The van der Waals surface area contributed by atoms with Gasteiger partial charge in [0.25, 0.3) is 0 Å². The summed E-state index contributed by atoms with van der Waals surface area (Å²) in [7, 11) is 0. The Kier molecular flexibility index (Phi) is 8.42. The summed E-state index contributed by atoms with van der Waals surface area (Å²) in [5.41, 5.74) is 4.01. The van der Waals surface area contributed by atoms with E-state index in [4.69, 9.17) is 20.3 Å². The van der Waals surface area contributed by atoms with Crippen LogP contribution in [0.25, 0.3) is 0 Å². The molecule has 1 unspecified atom stereocenters. The lowest BCUT2D eigenvalue weighted by Crippen LogP contribution is -2.58. The molecule has 0 bridgehead atoms. The van der Waals surface area contributed by atoms with Crippen LogP contribution in [0.15, 0.2) is 18.2 Å². The van der Waals surface area contributed by atoms with Crippen molar-refractivity contribution in [1.82, 2.24) is 5.32 Å². The first-order chi connectivity index (χ1) is 13.5. The van der Waals surface area contributed by atoms with E-state index < -0.39 is 48.4 Å². The summed E-state index contributed by atoms with van der Waals surface area (Å²) in [6, 6.07) is 2.63. The second-order valence-electron chi connectivity index (χ2n) is 6.27. The van der Waals surface area contributed by atoms with Crippen LogP contribution in [-0.2, 0) is 30.4 Å². The predicted molar refractivity (Wildman–Crippen MR) is 97.0 cm³/mol. The molecule has 0 spiro atoms. The molecule has 1 rings (SSSR count). The number of hydrogen-bond acceptors (Lipinski definition) is 9. The van der Waals surface area contributed by atoms with E-state index >= 15 is 0 Å². The van der Waals surface area contributed by atoms with Crippen molar-refractivity contribution in [3.63, 3.8) is 0 Å². The number of carbonyl (C=O) groups is 5. The minimum Gasteiger partial charge on any atom is -0.481 e. The largest absolute Gasteiger partial charge is 0.481 e. The molecule has 158 valence electrons. The molecule has 0 fully saturated rings. The van der Waals surface area contributed by atoms with Crippen LogP contribution in [0.4, 0.5) is 0 Å². The number of aldehydes is 1. The highest BCUT2D eigenvalue weighted by Crippen LogP contribution is 2.30. The van der Waals surface area contributed by atoms with Gasteiger partial charge in [0.15, 0.2) is 11.5 Å². The van der Waals surface area contributed by atoms with E-state index in [2.05, 4.69) is 5.32 Å². The standard InChI is InChI=1S/C18H22N2O9/c1-10(23)28-14-4-3-12(5-15(14)29-11(2)24)7-18(8-21,9-22)20-17(27)13(19)6-16(25)26/h3-5,8,13,22H,6-7,9,19H2,1-2H3,(H,20,27)(H,25,26)/t13-,18?/m0/s1. The van der Waals surface area contributed by atoms with E-state index in [9.17, 15) is 29.1 Å². The number of nitrogens with two attached hydrogens (primary N) is 1. The van der Waals surface area contributed by atoms with Gasteiger partial charge in [-0.05, 0) is 17.7 Å². The van der Waals surface area contributed by atoms with E-state index in [0.717, 1.165) is 13.8 Å². The molecule has 0 aliphatic rings. The van der Waals surface area contributed by atoms with Crippen LogP contribution < -0.4 is 20.5 Å². The molecular formula is C18H22N2O9.